The molecular weight excluding hydrogens is 290 g/mol. The molecule has 0 saturated carbocycles. The molecule has 0 aliphatic carbocycles. The van der Waals surface area contributed by atoms with E-state index in [1.54, 1.807) is 4.90 Å². The van der Waals surface area contributed by atoms with Gasteiger partial charge in [-0.3, -0.25) is 19.7 Å². The van der Waals surface area contributed by atoms with Crippen molar-refractivity contribution in [3.8, 4) is 5.75 Å². The smallest absolute Gasteiger partial charge is 0.273 e. The SMILES string of the molecule is CC(=O)N1CCC(C(=O)Nc2ccc([N+](=O)[O-])cc2O)CC1. The number of carbonyl (C=O) groups excluding carboxylic acids is 2. The molecule has 1 aliphatic heterocycles. The molecule has 8 nitrogen and oxygen atoms in total. The van der Waals surface area contributed by atoms with Gasteiger partial charge in [-0.05, 0) is 18.9 Å². The molecule has 2 N–H and O–H groups in total. The minimum absolute atomic E-state index is 0.00753. The lowest BCUT2D eigenvalue weighted by atomic mass is 9.96. The van der Waals surface area contributed by atoms with Crippen LogP contribution in [0.2, 0.25) is 0 Å². The van der Waals surface area contributed by atoms with Gasteiger partial charge in [0.05, 0.1) is 16.7 Å². The summed E-state index contributed by atoms with van der Waals surface area (Å²) in [5.41, 5.74) is -0.102. The number of benzene rings is 1. The number of hydrogen-bond acceptors (Lipinski definition) is 5. The van der Waals surface area contributed by atoms with Crippen LogP contribution in [0.5, 0.6) is 5.75 Å². The van der Waals surface area contributed by atoms with Crippen LogP contribution in [0.15, 0.2) is 18.2 Å². The number of rotatable bonds is 3. The van der Waals surface area contributed by atoms with Crippen molar-refractivity contribution < 1.29 is 19.6 Å². The lowest BCUT2D eigenvalue weighted by molar-refractivity contribution is -0.384. The molecule has 0 spiro atoms. The summed E-state index contributed by atoms with van der Waals surface area (Å²) in [4.78, 5) is 35.1. The highest BCUT2D eigenvalue weighted by atomic mass is 16.6. The molecule has 1 saturated heterocycles. The zero-order valence-corrected chi connectivity index (χ0v) is 12.1. The van der Waals surface area contributed by atoms with Gasteiger partial charge < -0.3 is 15.3 Å². The van der Waals surface area contributed by atoms with Crippen LogP contribution in [0, 0.1) is 16.0 Å². The van der Waals surface area contributed by atoms with Crippen molar-refractivity contribution >= 4 is 23.2 Å². The first-order chi connectivity index (χ1) is 10.4. The van der Waals surface area contributed by atoms with Crippen molar-refractivity contribution in [1.82, 2.24) is 4.90 Å². The number of non-ortho nitro benzene ring substituents is 1. The maximum atomic E-state index is 12.2. The normalized spacial score (nSPS) is 15.4. The fourth-order valence-corrected chi connectivity index (χ4v) is 2.43. The highest BCUT2D eigenvalue weighted by Gasteiger charge is 2.26. The number of nitrogens with one attached hydrogen (secondary N) is 1. The van der Waals surface area contributed by atoms with Crippen molar-refractivity contribution in [2.75, 3.05) is 18.4 Å². The number of nitrogens with zero attached hydrogens (tertiary/aromatic N) is 2. The first-order valence-corrected chi connectivity index (χ1v) is 6.92. The molecule has 0 aromatic heterocycles. The van der Waals surface area contributed by atoms with Crippen molar-refractivity contribution in [2.45, 2.75) is 19.8 Å². The fourth-order valence-electron chi connectivity index (χ4n) is 2.43. The second kappa shape index (κ2) is 6.42. The Labute approximate surface area is 126 Å². The largest absolute Gasteiger partial charge is 0.506 e. The number of piperidine rings is 1. The van der Waals surface area contributed by atoms with Gasteiger partial charge in [0, 0.05) is 32.0 Å². The van der Waals surface area contributed by atoms with Gasteiger partial charge in [-0.15, -0.1) is 0 Å². The summed E-state index contributed by atoms with van der Waals surface area (Å²) < 4.78 is 0. The van der Waals surface area contributed by atoms with E-state index in [1.807, 2.05) is 0 Å². The Morgan fingerprint density at radius 2 is 2.00 bits per heavy atom. The van der Waals surface area contributed by atoms with Gasteiger partial charge in [-0.2, -0.15) is 0 Å². The Morgan fingerprint density at radius 1 is 1.36 bits per heavy atom. The van der Waals surface area contributed by atoms with E-state index in [1.165, 1.54) is 19.1 Å². The zero-order valence-electron chi connectivity index (χ0n) is 12.1. The van der Waals surface area contributed by atoms with E-state index in [2.05, 4.69) is 5.32 Å². The Bertz CT molecular complexity index is 608. The molecule has 0 unspecified atom stereocenters. The molecule has 0 atom stereocenters. The van der Waals surface area contributed by atoms with Crippen LogP contribution in [0.4, 0.5) is 11.4 Å². The molecule has 22 heavy (non-hydrogen) atoms. The molecule has 2 amide bonds. The van der Waals surface area contributed by atoms with Gasteiger partial charge in [0.1, 0.15) is 5.75 Å². The molecule has 2 rings (SSSR count). The number of phenolic OH excluding ortho intramolecular Hbond substituents is 1. The van der Waals surface area contributed by atoms with Crippen LogP contribution in [0.25, 0.3) is 0 Å². The highest BCUT2D eigenvalue weighted by molar-refractivity contribution is 5.94. The number of phenols is 1. The van der Waals surface area contributed by atoms with Crippen molar-refractivity contribution in [3.05, 3.63) is 28.3 Å². The molecule has 1 aromatic carbocycles. The lowest BCUT2D eigenvalue weighted by Crippen LogP contribution is -2.40. The fraction of sp³-hybridized carbons (Fsp3) is 0.429. The van der Waals surface area contributed by atoms with Crippen LogP contribution in [-0.4, -0.2) is 39.8 Å². The number of aromatic hydroxyl groups is 1. The molecule has 0 radical (unpaired) electrons. The van der Waals surface area contributed by atoms with Gasteiger partial charge in [-0.25, -0.2) is 0 Å². The van der Waals surface area contributed by atoms with Gasteiger partial charge in [0.2, 0.25) is 11.8 Å². The summed E-state index contributed by atoms with van der Waals surface area (Å²) in [7, 11) is 0. The second-order valence-corrected chi connectivity index (χ2v) is 5.23. The van der Waals surface area contributed by atoms with Crippen LogP contribution in [-0.2, 0) is 9.59 Å². The van der Waals surface area contributed by atoms with E-state index in [-0.39, 0.29) is 34.9 Å². The number of anilines is 1. The summed E-state index contributed by atoms with van der Waals surface area (Å²) >= 11 is 0. The molecule has 0 bridgehead atoms. The van der Waals surface area contributed by atoms with Gasteiger partial charge in [-0.1, -0.05) is 0 Å². The number of likely N-dealkylation sites (tertiary alicyclic amines) is 1. The Morgan fingerprint density at radius 3 is 2.50 bits per heavy atom. The van der Waals surface area contributed by atoms with E-state index in [9.17, 15) is 24.8 Å². The quantitative estimate of drug-likeness (QED) is 0.499. The standard InChI is InChI=1S/C14H17N3O5/c1-9(18)16-6-4-10(5-7-16)14(20)15-12-3-2-11(17(21)22)8-13(12)19/h2-3,8,10,19H,4-7H2,1H3,(H,15,20). The van der Waals surface area contributed by atoms with Crippen LogP contribution < -0.4 is 5.32 Å². The van der Waals surface area contributed by atoms with E-state index in [0.29, 0.717) is 25.9 Å². The summed E-state index contributed by atoms with van der Waals surface area (Å²) in [6.45, 7) is 2.55. The average molecular weight is 307 g/mol. The van der Waals surface area contributed by atoms with Crippen LogP contribution in [0.3, 0.4) is 0 Å². The van der Waals surface area contributed by atoms with E-state index >= 15 is 0 Å². The van der Waals surface area contributed by atoms with Gasteiger partial charge in [0.25, 0.3) is 5.69 Å². The molecular formula is C14H17N3O5. The molecule has 118 valence electrons. The summed E-state index contributed by atoms with van der Waals surface area (Å²) in [6, 6.07) is 3.51. The Hall–Kier alpha value is -2.64. The van der Waals surface area contributed by atoms with Gasteiger partial charge >= 0.3 is 0 Å². The number of amides is 2. The molecule has 1 aliphatic rings. The van der Waals surface area contributed by atoms with Crippen molar-refractivity contribution in [3.63, 3.8) is 0 Å². The third-order valence-corrected chi connectivity index (χ3v) is 3.76. The number of hydrogen-bond donors (Lipinski definition) is 2. The maximum Gasteiger partial charge on any atom is 0.273 e. The minimum atomic E-state index is -0.622. The van der Waals surface area contributed by atoms with E-state index < -0.39 is 4.92 Å². The molecule has 1 fully saturated rings. The predicted octanol–water partition coefficient (Wildman–Crippen LogP) is 1.50. The Kier molecular flexibility index (Phi) is 4.59. The molecule has 8 heteroatoms. The Balaban J connectivity index is 1.98. The predicted molar refractivity (Wildman–Crippen MR) is 78.4 cm³/mol. The minimum Gasteiger partial charge on any atom is -0.506 e. The third kappa shape index (κ3) is 3.51. The highest BCUT2D eigenvalue weighted by Crippen LogP contribution is 2.29. The molecule has 1 aromatic rings. The van der Waals surface area contributed by atoms with E-state index in [0.717, 1.165) is 6.07 Å². The maximum absolute atomic E-state index is 12.2. The summed E-state index contributed by atoms with van der Waals surface area (Å²) in [5, 5.41) is 22.9. The number of nitro groups is 1. The first-order valence-electron chi connectivity index (χ1n) is 6.92. The number of nitro benzene ring substituents is 1. The average Bonchev–Trinajstić information content (AvgIpc) is 2.49. The summed E-state index contributed by atoms with van der Waals surface area (Å²) in [6.07, 6.45) is 1.11. The lowest BCUT2D eigenvalue weighted by Gasteiger charge is -2.30. The van der Waals surface area contributed by atoms with Crippen LogP contribution in [0.1, 0.15) is 19.8 Å². The first kappa shape index (κ1) is 15.7. The van der Waals surface area contributed by atoms with Gasteiger partial charge in [0.15, 0.2) is 0 Å². The van der Waals surface area contributed by atoms with E-state index in [4.69, 9.17) is 0 Å². The van der Waals surface area contributed by atoms with Crippen molar-refractivity contribution in [2.24, 2.45) is 5.92 Å². The second-order valence-electron chi connectivity index (χ2n) is 5.23. The monoisotopic (exact) mass is 307 g/mol. The zero-order chi connectivity index (χ0) is 16.3. The summed E-state index contributed by atoms with van der Waals surface area (Å²) in [5.74, 6) is -0.854. The van der Waals surface area contributed by atoms with Crippen molar-refractivity contribution in [1.29, 1.82) is 0 Å². The topological polar surface area (TPSA) is 113 Å². The molecule has 1 heterocycles. The number of carbonyl (C=O) groups is 2. The third-order valence-electron chi connectivity index (χ3n) is 3.76. The van der Waals surface area contributed by atoms with Crippen LogP contribution >= 0.6 is 0 Å².